The third-order valence-corrected chi connectivity index (χ3v) is 2.81. The van der Waals surface area contributed by atoms with Crippen LogP contribution >= 0.6 is 0 Å². The highest BCUT2D eigenvalue weighted by molar-refractivity contribution is 5.67. The Kier molecular flexibility index (Phi) is 4.52. The molecule has 0 unspecified atom stereocenters. The van der Waals surface area contributed by atoms with E-state index >= 15 is 0 Å². The van der Waals surface area contributed by atoms with E-state index in [1.807, 2.05) is 20.8 Å². The van der Waals surface area contributed by atoms with E-state index in [1.165, 1.54) is 0 Å². The van der Waals surface area contributed by atoms with Gasteiger partial charge in [-0.15, -0.1) is 0 Å². The standard InChI is InChI=1S/C14H28N2O3/c1-12(2,3)18-11(17)16-15-10-8-13(4,5)19-14(6,7)9-10/h10,15H,8-9H2,1-7H3,(H,16,17). The number of carbonyl (C=O) groups is 1. The fraction of sp³-hybridized carbons (Fsp3) is 0.929. The lowest BCUT2D eigenvalue weighted by atomic mass is 9.85. The first-order valence-corrected chi connectivity index (χ1v) is 6.83. The van der Waals surface area contributed by atoms with Crippen LogP contribution in [0.2, 0.25) is 0 Å². The van der Waals surface area contributed by atoms with Gasteiger partial charge in [0.05, 0.1) is 11.2 Å². The summed E-state index contributed by atoms with van der Waals surface area (Å²) >= 11 is 0. The summed E-state index contributed by atoms with van der Waals surface area (Å²) in [5, 5.41) is 0. The summed E-state index contributed by atoms with van der Waals surface area (Å²) in [7, 11) is 0. The molecule has 19 heavy (non-hydrogen) atoms. The van der Waals surface area contributed by atoms with E-state index in [0.29, 0.717) is 0 Å². The van der Waals surface area contributed by atoms with Crippen LogP contribution in [0.1, 0.15) is 61.3 Å². The second kappa shape index (κ2) is 5.29. The Morgan fingerprint density at radius 2 is 1.63 bits per heavy atom. The van der Waals surface area contributed by atoms with E-state index in [-0.39, 0.29) is 17.2 Å². The average molecular weight is 272 g/mol. The summed E-state index contributed by atoms with van der Waals surface area (Å²) in [4.78, 5) is 11.6. The third-order valence-electron chi connectivity index (χ3n) is 2.81. The average Bonchev–Trinajstić information content (AvgIpc) is 2.06. The summed E-state index contributed by atoms with van der Waals surface area (Å²) in [5.74, 6) is 0. The molecule has 0 aromatic heterocycles. The molecule has 5 nitrogen and oxygen atoms in total. The summed E-state index contributed by atoms with van der Waals surface area (Å²) < 4.78 is 11.2. The maximum atomic E-state index is 11.6. The number of hydrogen-bond donors (Lipinski definition) is 2. The van der Waals surface area contributed by atoms with Crippen molar-refractivity contribution in [3.63, 3.8) is 0 Å². The van der Waals surface area contributed by atoms with Crippen molar-refractivity contribution in [2.45, 2.75) is 84.2 Å². The highest BCUT2D eigenvalue weighted by Gasteiger charge is 2.39. The Morgan fingerprint density at radius 3 is 2.05 bits per heavy atom. The second-order valence-corrected chi connectivity index (χ2v) is 7.50. The largest absolute Gasteiger partial charge is 0.443 e. The van der Waals surface area contributed by atoms with Crippen molar-refractivity contribution in [3.05, 3.63) is 0 Å². The molecule has 1 rings (SSSR count). The van der Waals surface area contributed by atoms with Crippen LogP contribution in [-0.4, -0.2) is 28.9 Å². The van der Waals surface area contributed by atoms with Crippen LogP contribution in [0.3, 0.4) is 0 Å². The van der Waals surface area contributed by atoms with Gasteiger partial charge in [-0.1, -0.05) is 0 Å². The Balaban J connectivity index is 2.47. The van der Waals surface area contributed by atoms with Crippen molar-refractivity contribution in [3.8, 4) is 0 Å². The smallest absolute Gasteiger partial charge is 0.422 e. The molecule has 5 heteroatoms. The molecule has 1 aliphatic rings. The van der Waals surface area contributed by atoms with Crippen molar-refractivity contribution in [1.82, 2.24) is 10.9 Å². The van der Waals surface area contributed by atoms with Gasteiger partial charge in [-0.3, -0.25) is 5.43 Å². The van der Waals surface area contributed by atoms with Crippen LogP contribution in [0, 0.1) is 0 Å². The first-order valence-electron chi connectivity index (χ1n) is 6.83. The van der Waals surface area contributed by atoms with Gasteiger partial charge in [0.1, 0.15) is 5.60 Å². The van der Waals surface area contributed by atoms with Crippen molar-refractivity contribution < 1.29 is 14.3 Å². The lowest BCUT2D eigenvalue weighted by Crippen LogP contribution is -2.56. The maximum absolute atomic E-state index is 11.6. The van der Waals surface area contributed by atoms with Crippen LogP contribution in [0.4, 0.5) is 4.79 Å². The number of carbonyl (C=O) groups excluding carboxylic acids is 1. The molecule has 0 spiro atoms. The molecular weight excluding hydrogens is 244 g/mol. The Morgan fingerprint density at radius 1 is 1.16 bits per heavy atom. The summed E-state index contributed by atoms with van der Waals surface area (Å²) in [5.41, 5.74) is 4.78. The Labute approximate surface area is 116 Å². The number of hydrazine groups is 1. The van der Waals surface area contributed by atoms with Crippen LogP contribution in [-0.2, 0) is 9.47 Å². The van der Waals surface area contributed by atoms with Crippen LogP contribution in [0.25, 0.3) is 0 Å². The number of nitrogens with one attached hydrogen (secondary N) is 2. The molecule has 112 valence electrons. The fourth-order valence-corrected chi connectivity index (χ4v) is 2.66. The molecule has 1 saturated heterocycles. The Hall–Kier alpha value is -0.810. The normalized spacial score (nSPS) is 22.9. The molecule has 1 heterocycles. The zero-order valence-corrected chi connectivity index (χ0v) is 13.2. The molecule has 0 aromatic carbocycles. The number of hydrogen-bond acceptors (Lipinski definition) is 4. The van der Waals surface area contributed by atoms with E-state index in [0.717, 1.165) is 12.8 Å². The van der Waals surface area contributed by atoms with E-state index in [2.05, 4.69) is 38.5 Å². The van der Waals surface area contributed by atoms with E-state index in [4.69, 9.17) is 9.47 Å². The molecule has 2 N–H and O–H groups in total. The maximum Gasteiger partial charge on any atom is 0.422 e. The molecule has 1 fully saturated rings. The Bertz CT molecular complexity index is 316. The van der Waals surface area contributed by atoms with Crippen LogP contribution in [0.5, 0.6) is 0 Å². The number of amides is 1. The minimum Gasteiger partial charge on any atom is -0.443 e. The topological polar surface area (TPSA) is 59.6 Å². The number of rotatable bonds is 2. The first-order chi connectivity index (χ1) is 8.39. The molecule has 1 aliphatic heterocycles. The van der Waals surface area contributed by atoms with Gasteiger partial charge in [0, 0.05) is 6.04 Å². The highest BCUT2D eigenvalue weighted by atomic mass is 16.6. The predicted octanol–water partition coefficient (Wildman–Crippen LogP) is 2.75. The van der Waals surface area contributed by atoms with Crippen molar-refractivity contribution in [1.29, 1.82) is 0 Å². The van der Waals surface area contributed by atoms with Crippen molar-refractivity contribution in [2.75, 3.05) is 0 Å². The molecule has 0 radical (unpaired) electrons. The quantitative estimate of drug-likeness (QED) is 0.759. The van der Waals surface area contributed by atoms with Crippen LogP contribution < -0.4 is 10.9 Å². The summed E-state index contributed by atoms with van der Waals surface area (Å²) in [6.45, 7) is 13.8. The molecule has 0 aromatic rings. The minimum absolute atomic E-state index is 0.172. The second-order valence-electron chi connectivity index (χ2n) is 7.50. The van der Waals surface area contributed by atoms with Gasteiger partial charge >= 0.3 is 6.09 Å². The highest BCUT2D eigenvalue weighted by Crippen LogP contribution is 2.34. The zero-order valence-electron chi connectivity index (χ0n) is 13.2. The lowest BCUT2D eigenvalue weighted by Gasteiger charge is -2.45. The monoisotopic (exact) mass is 272 g/mol. The molecule has 0 saturated carbocycles. The van der Waals surface area contributed by atoms with Gasteiger partial charge in [0.2, 0.25) is 0 Å². The summed E-state index contributed by atoms with van der Waals surface area (Å²) in [6.07, 6.45) is 1.23. The zero-order chi connectivity index (χ0) is 14.9. The van der Waals surface area contributed by atoms with Crippen molar-refractivity contribution >= 4 is 6.09 Å². The molecule has 0 atom stereocenters. The van der Waals surface area contributed by atoms with E-state index < -0.39 is 11.7 Å². The number of ether oxygens (including phenoxy) is 2. The van der Waals surface area contributed by atoms with Gasteiger partial charge in [0.25, 0.3) is 0 Å². The van der Waals surface area contributed by atoms with Gasteiger partial charge in [-0.2, -0.15) is 0 Å². The summed E-state index contributed by atoms with van der Waals surface area (Å²) in [6, 6.07) is 0.172. The minimum atomic E-state index is -0.486. The molecule has 0 bridgehead atoms. The van der Waals surface area contributed by atoms with E-state index in [9.17, 15) is 4.79 Å². The van der Waals surface area contributed by atoms with E-state index in [1.54, 1.807) is 0 Å². The van der Waals surface area contributed by atoms with Crippen molar-refractivity contribution in [2.24, 2.45) is 0 Å². The molecule has 0 aliphatic carbocycles. The molecule has 1 amide bonds. The van der Waals surface area contributed by atoms with Gasteiger partial charge in [-0.25, -0.2) is 10.2 Å². The predicted molar refractivity (Wildman–Crippen MR) is 74.8 cm³/mol. The first kappa shape index (κ1) is 16.2. The SMILES string of the molecule is CC(C)(C)OC(=O)NNC1CC(C)(C)OC(C)(C)C1. The fourth-order valence-electron chi connectivity index (χ4n) is 2.66. The lowest BCUT2D eigenvalue weighted by molar-refractivity contribution is -0.165. The van der Waals surface area contributed by atoms with Gasteiger partial charge in [0.15, 0.2) is 0 Å². The van der Waals surface area contributed by atoms with Gasteiger partial charge in [-0.05, 0) is 61.3 Å². The molecular formula is C14H28N2O3. The third kappa shape index (κ3) is 6.25. The van der Waals surface area contributed by atoms with Crippen LogP contribution in [0.15, 0.2) is 0 Å². The van der Waals surface area contributed by atoms with Gasteiger partial charge < -0.3 is 9.47 Å².